The molecule has 0 aromatic carbocycles. The minimum Gasteiger partial charge on any atom is -0.414 e. The maximum absolute atomic E-state index is 15.9. The molecule has 182 valence electrons. The van der Waals surface area contributed by atoms with E-state index in [-0.39, 0.29) is 16.7 Å². The van der Waals surface area contributed by atoms with Gasteiger partial charge in [-0.1, -0.05) is 41.5 Å². The molecule has 4 atom stereocenters. The molecular formula is C23H42FN2O4Si2+. The molecule has 1 amide bonds. The van der Waals surface area contributed by atoms with E-state index in [1.54, 1.807) is 22.9 Å². The second-order valence-electron chi connectivity index (χ2n) is 11.8. The highest BCUT2D eigenvalue weighted by Gasteiger charge is 2.55. The number of aromatic nitrogens is 1. The van der Waals surface area contributed by atoms with Crippen molar-refractivity contribution in [1.82, 2.24) is 0 Å². The van der Waals surface area contributed by atoms with Crippen LogP contribution in [0.2, 0.25) is 36.3 Å². The van der Waals surface area contributed by atoms with Crippen LogP contribution in [0.25, 0.3) is 0 Å². The summed E-state index contributed by atoms with van der Waals surface area (Å²) in [6.07, 6.45) is -0.426. The average molecular weight is 486 g/mol. The monoisotopic (exact) mass is 485 g/mol. The Hall–Kier alpha value is -1.14. The molecule has 9 heteroatoms. The molecule has 1 saturated heterocycles. The zero-order valence-electron chi connectivity index (χ0n) is 21.4. The van der Waals surface area contributed by atoms with Crippen molar-refractivity contribution < 1.29 is 27.3 Å². The summed E-state index contributed by atoms with van der Waals surface area (Å²) in [6, 6.07) is 3.27. The van der Waals surface area contributed by atoms with E-state index in [4.69, 9.17) is 19.3 Å². The standard InChI is InChI=1S/C23H41FN2O4Si2/c1-22(2,3)31(7,8)28-15-17-19(30-32(9,10)23(4,5)6)18(24)21(29-17)26-13-11-12-16(14-26)20(25)27/h11-14,17-19,21H,15H2,1-10H3,(H-,25,27)/p+1/t17-,18-,19-,21?/m1/s1. The molecule has 0 bridgehead atoms. The van der Waals surface area contributed by atoms with Crippen LogP contribution >= 0.6 is 0 Å². The van der Waals surface area contributed by atoms with Crippen molar-refractivity contribution in [3.05, 3.63) is 30.1 Å². The van der Waals surface area contributed by atoms with Crippen LogP contribution in [0.1, 0.15) is 58.1 Å². The van der Waals surface area contributed by atoms with Gasteiger partial charge in [-0.3, -0.25) is 4.79 Å². The van der Waals surface area contributed by atoms with E-state index in [0.717, 1.165) is 0 Å². The van der Waals surface area contributed by atoms with E-state index in [9.17, 15) is 4.79 Å². The number of rotatable bonds is 7. The molecule has 1 aromatic rings. The molecule has 0 saturated carbocycles. The largest absolute Gasteiger partial charge is 0.414 e. The zero-order chi connectivity index (χ0) is 24.7. The first-order chi connectivity index (χ1) is 14.4. The van der Waals surface area contributed by atoms with E-state index in [1.807, 2.05) is 0 Å². The Morgan fingerprint density at radius 3 is 2.19 bits per heavy atom. The smallest absolute Gasteiger partial charge is 0.297 e. The molecule has 2 heterocycles. The molecule has 1 fully saturated rings. The summed E-state index contributed by atoms with van der Waals surface area (Å²) in [7, 11) is -4.33. The number of hydrogen-bond donors (Lipinski definition) is 1. The third kappa shape index (κ3) is 5.86. The lowest BCUT2D eigenvalue weighted by Crippen LogP contribution is -2.51. The summed E-state index contributed by atoms with van der Waals surface area (Å²) in [5, 5.41) is -0.0465. The summed E-state index contributed by atoms with van der Waals surface area (Å²) < 4.78 is 36.6. The Bertz CT molecular complexity index is 821. The van der Waals surface area contributed by atoms with E-state index >= 15 is 4.39 Å². The minimum atomic E-state index is -2.27. The van der Waals surface area contributed by atoms with E-state index in [0.29, 0.717) is 5.56 Å². The normalized spacial score (nSPS) is 25.2. The maximum atomic E-state index is 15.9. The fraction of sp³-hybridized carbons (Fsp3) is 0.739. The van der Waals surface area contributed by atoms with Crippen LogP contribution in [0.4, 0.5) is 4.39 Å². The van der Waals surface area contributed by atoms with E-state index in [1.165, 1.54) is 6.20 Å². The van der Waals surface area contributed by atoms with Crippen molar-refractivity contribution >= 4 is 22.5 Å². The Balaban J connectivity index is 2.35. The lowest BCUT2D eigenvalue weighted by molar-refractivity contribution is -0.764. The highest BCUT2D eigenvalue weighted by molar-refractivity contribution is 6.74. The molecule has 0 aliphatic carbocycles. The van der Waals surface area contributed by atoms with Gasteiger partial charge in [-0.15, -0.1) is 0 Å². The number of amides is 1. The van der Waals surface area contributed by atoms with Crippen LogP contribution in [0, 0.1) is 0 Å². The summed E-state index contributed by atoms with van der Waals surface area (Å²) in [5.41, 5.74) is 5.71. The van der Waals surface area contributed by atoms with Crippen molar-refractivity contribution in [2.75, 3.05) is 6.61 Å². The van der Waals surface area contributed by atoms with E-state index in [2.05, 4.69) is 67.7 Å². The number of carbonyl (C=O) groups excluding carboxylic acids is 1. The number of carbonyl (C=O) groups is 1. The van der Waals surface area contributed by atoms with Gasteiger partial charge in [-0.2, -0.15) is 4.57 Å². The summed E-state index contributed by atoms with van der Waals surface area (Å²) in [6.45, 7) is 21.7. The quantitative estimate of drug-likeness (QED) is 0.448. The molecule has 0 radical (unpaired) electrons. The van der Waals surface area contributed by atoms with Gasteiger partial charge in [0.05, 0.1) is 6.61 Å². The predicted octanol–water partition coefficient (Wildman–Crippen LogP) is 4.72. The van der Waals surface area contributed by atoms with Crippen molar-refractivity contribution in [2.24, 2.45) is 5.73 Å². The lowest BCUT2D eigenvalue weighted by atomic mass is 10.1. The van der Waals surface area contributed by atoms with Gasteiger partial charge in [-0.25, -0.2) is 4.39 Å². The van der Waals surface area contributed by atoms with Crippen molar-refractivity contribution in [2.45, 2.75) is 102 Å². The Morgan fingerprint density at radius 1 is 1.12 bits per heavy atom. The average Bonchev–Trinajstić information content (AvgIpc) is 2.94. The Morgan fingerprint density at radius 2 is 1.69 bits per heavy atom. The van der Waals surface area contributed by atoms with Gasteiger partial charge in [0.25, 0.3) is 12.1 Å². The highest BCUT2D eigenvalue weighted by Crippen LogP contribution is 2.42. The van der Waals surface area contributed by atoms with Crippen LogP contribution in [0.5, 0.6) is 0 Å². The summed E-state index contributed by atoms with van der Waals surface area (Å²) in [5.74, 6) is -0.570. The number of primary amides is 1. The highest BCUT2D eigenvalue weighted by atomic mass is 28.4. The molecule has 1 aliphatic heterocycles. The molecular weight excluding hydrogens is 443 g/mol. The first kappa shape index (κ1) is 27.1. The molecule has 6 nitrogen and oxygen atoms in total. The fourth-order valence-electron chi connectivity index (χ4n) is 3.03. The lowest BCUT2D eigenvalue weighted by Gasteiger charge is -2.40. The van der Waals surface area contributed by atoms with Gasteiger partial charge in [0.2, 0.25) is 6.17 Å². The predicted molar refractivity (Wildman–Crippen MR) is 129 cm³/mol. The SMILES string of the molecule is CC(C)(C)[Si](C)(C)OC[C@H]1OC([n+]2cccc(C(N)=O)c2)[C@H](F)[C@@H]1O[Si](C)(C)C(C)(C)C. The molecule has 0 spiro atoms. The Kier molecular flexibility index (Phi) is 7.84. The third-order valence-electron chi connectivity index (χ3n) is 7.32. The summed E-state index contributed by atoms with van der Waals surface area (Å²) >= 11 is 0. The minimum absolute atomic E-state index is 0.0282. The van der Waals surface area contributed by atoms with Gasteiger partial charge >= 0.3 is 0 Å². The van der Waals surface area contributed by atoms with Gasteiger partial charge in [0.1, 0.15) is 17.8 Å². The van der Waals surface area contributed by atoms with Crippen LogP contribution in [-0.2, 0) is 13.6 Å². The fourth-order valence-corrected chi connectivity index (χ4v) is 5.36. The number of nitrogens with two attached hydrogens (primary N) is 1. The molecule has 1 aromatic heterocycles. The number of alkyl halides is 1. The van der Waals surface area contributed by atoms with Crippen LogP contribution in [0.3, 0.4) is 0 Å². The van der Waals surface area contributed by atoms with Gasteiger partial charge in [-0.05, 0) is 42.3 Å². The number of pyridine rings is 1. The Labute approximate surface area is 194 Å². The zero-order valence-corrected chi connectivity index (χ0v) is 23.4. The topological polar surface area (TPSA) is 74.7 Å². The maximum Gasteiger partial charge on any atom is 0.297 e. The van der Waals surface area contributed by atoms with E-state index < -0.39 is 47.1 Å². The number of nitrogens with zero attached hydrogens (tertiary/aromatic N) is 1. The van der Waals surface area contributed by atoms with Crippen molar-refractivity contribution in [3.63, 3.8) is 0 Å². The van der Waals surface area contributed by atoms with Gasteiger partial charge < -0.3 is 19.3 Å². The molecule has 1 aliphatic rings. The van der Waals surface area contributed by atoms with Crippen molar-refractivity contribution in [3.8, 4) is 0 Å². The van der Waals surface area contributed by atoms with Crippen LogP contribution < -0.4 is 10.3 Å². The van der Waals surface area contributed by atoms with Crippen LogP contribution in [-0.4, -0.2) is 47.5 Å². The number of halogens is 1. The second-order valence-corrected chi connectivity index (χ2v) is 21.4. The molecule has 32 heavy (non-hydrogen) atoms. The third-order valence-corrected chi connectivity index (χ3v) is 16.3. The van der Waals surface area contributed by atoms with Gasteiger partial charge in [0, 0.05) is 6.07 Å². The van der Waals surface area contributed by atoms with Crippen LogP contribution in [0.15, 0.2) is 24.5 Å². The molecule has 2 rings (SSSR count). The van der Waals surface area contributed by atoms with Gasteiger partial charge in [0.15, 0.2) is 29.0 Å². The number of ether oxygens (including phenoxy) is 1. The first-order valence-electron chi connectivity index (χ1n) is 11.3. The summed E-state index contributed by atoms with van der Waals surface area (Å²) in [4.78, 5) is 11.6. The molecule has 2 N–H and O–H groups in total. The first-order valence-corrected chi connectivity index (χ1v) is 17.1. The molecule has 1 unspecified atom stereocenters. The second kappa shape index (κ2) is 9.25. The number of hydrogen-bond acceptors (Lipinski definition) is 4. The van der Waals surface area contributed by atoms with Crippen molar-refractivity contribution in [1.29, 1.82) is 0 Å².